The molecule has 0 bridgehead atoms. The Labute approximate surface area is 187 Å². The van der Waals surface area contributed by atoms with E-state index in [0.717, 1.165) is 11.3 Å². The van der Waals surface area contributed by atoms with E-state index < -0.39 is 4.92 Å². The summed E-state index contributed by atoms with van der Waals surface area (Å²) in [5.41, 5.74) is 1.04. The van der Waals surface area contributed by atoms with Gasteiger partial charge in [0.05, 0.1) is 21.4 Å². The summed E-state index contributed by atoms with van der Waals surface area (Å²) in [7, 11) is 1.80. The Morgan fingerprint density at radius 2 is 2.06 bits per heavy atom. The Kier molecular flexibility index (Phi) is 7.13. The highest BCUT2D eigenvalue weighted by molar-refractivity contribution is 7.99. The lowest BCUT2D eigenvalue weighted by Gasteiger charge is -2.15. The molecule has 0 saturated carbocycles. The number of hydrogen-bond donors (Lipinski definition) is 1. The van der Waals surface area contributed by atoms with Gasteiger partial charge in [-0.15, -0.1) is 10.2 Å². The van der Waals surface area contributed by atoms with Crippen LogP contribution in [0.5, 0.6) is 5.75 Å². The van der Waals surface area contributed by atoms with Crippen LogP contribution in [0, 0.1) is 17.0 Å². The summed E-state index contributed by atoms with van der Waals surface area (Å²) >= 11 is 7.20. The van der Waals surface area contributed by atoms with Gasteiger partial charge < -0.3 is 14.6 Å². The number of amides is 1. The van der Waals surface area contributed by atoms with E-state index in [-0.39, 0.29) is 34.2 Å². The third kappa shape index (κ3) is 5.53. The number of nitrogens with zero attached hydrogens (tertiary/aromatic N) is 4. The normalized spacial score (nSPS) is 11.7. The SMILES string of the molecule is Cc1ccccc1OC(C)c1nnc(SCC(=O)Nc2cc([N+](=O)[O-])ccc2Cl)n1C. The Balaban J connectivity index is 1.62. The maximum atomic E-state index is 12.3. The molecule has 0 aliphatic carbocycles. The predicted octanol–water partition coefficient (Wildman–Crippen LogP) is 4.56. The maximum absolute atomic E-state index is 12.3. The average molecular weight is 462 g/mol. The monoisotopic (exact) mass is 461 g/mol. The Bertz CT molecular complexity index is 1120. The zero-order valence-electron chi connectivity index (χ0n) is 17.0. The zero-order valence-corrected chi connectivity index (χ0v) is 18.6. The number of ether oxygens (including phenoxy) is 1. The minimum absolute atomic E-state index is 0.0258. The number of halogens is 1. The first kappa shape index (κ1) is 22.6. The number of para-hydroxylation sites is 1. The summed E-state index contributed by atoms with van der Waals surface area (Å²) in [4.78, 5) is 22.7. The second-order valence-electron chi connectivity index (χ2n) is 6.68. The largest absolute Gasteiger partial charge is 0.482 e. The van der Waals surface area contributed by atoms with Crippen molar-refractivity contribution in [3.8, 4) is 5.75 Å². The molecule has 1 N–H and O–H groups in total. The summed E-state index contributed by atoms with van der Waals surface area (Å²) in [6.07, 6.45) is -0.342. The van der Waals surface area contributed by atoms with Crippen LogP contribution in [0.15, 0.2) is 47.6 Å². The molecule has 31 heavy (non-hydrogen) atoms. The van der Waals surface area contributed by atoms with E-state index in [1.807, 2.05) is 38.1 Å². The molecule has 0 spiro atoms. The van der Waals surface area contributed by atoms with E-state index in [0.29, 0.717) is 11.0 Å². The molecule has 1 amide bonds. The molecule has 0 fully saturated rings. The number of nitrogens with one attached hydrogen (secondary N) is 1. The Hall–Kier alpha value is -3.11. The molecule has 0 radical (unpaired) electrons. The highest BCUT2D eigenvalue weighted by Crippen LogP contribution is 2.28. The van der Waals surface area contributed by atoms with Gasteiger partial charge in [-0.05, 0) is 31.5 Å². The van der Waals surface area contributed by atoms with Crippen molar-refractivity contribution in [2.45, 2.75) is 25.1 Å². The Morgan fingerprint density at radius 3 is 2.77 bits per heavy atom. The van der Waals surface area contributed by atoms with E-state index in [2.05, 4.69) is 15.5 Å². The van der Waals surface area contributed by atoms with Gasteiger partial charge in [-0.3, -0.25) is 14.9 Å². The summed E-state index contributed by atoms with van der Waals surface area (Å²) in [6, 6.07) is 11.6. The molecule has 1 atom stereocenters. The molecule has 1 unspecified atom stereocenters. The van der Waals surface area contributed by atoms with Crippen LogP contribution in [0.4, 0.5) is 11.4 Å². The maximum Gasteiger partial charge on any atom is 0.271 e. The molecule has 0 aliphatic heterocycles. The molecule has 11 heteroatoms. The van der Waals surface area contributed by atoms with Gasteiger partial charge >= 0.3 is 0 Å². The minimum Gasteiger partial charge on any atom is -0.482 e. The van der Waals surface area contributed by atoms with Gasteiger partial charge in [0.2, 0.25) is 5.91 Å². The van der Waals surface area contributed by atoms with E-state index in [9.17, 15) is 14.9 Å². The molecule has 1 aromatic heterocycles. The topological polar surface area (TPSA) is 112 Å². The second kappa shape index (κ2) is 9.80. The molecule has 3 rings (SSSR count). The number of benzene rings is 2. The van der Waals surface area contributed by atoms with Crippen molar-refractivity contribution in [2.24, 2.45) is 7.05 Å². The summed E-state index contributed by atoms with van der Waals surface area (Å²) in [5.74, 6) is 1.03. The quantitative estimate of drug-likeness (QED) is 0.297. The lowest BCUT2D eigenvalue weighted by molar-refractivity contribution is -0.384. The highest BCUT2D eigenvalue weighted by Gasteiger charge is 2.19. The van der Waals surface area contributed by atoms with E-state index in [1.165, 1.54) is 30.0 Å². The number of thioether (sulfide) groups is 1. The molecule has 0 saturated heterocycles. The number of carbonyl (C=O) groups is 1. The predicted molar refractivity (Wildman–Crippen MR) is 119 cm³/mol. The number of anilines is 1. The summed E-state index contributed by atoms with van der Waals surface area (Å²) in [5, 5.41) is 22.6. The number of hydrogen-bond acceptors (Lipinski definition) is 7. The van der Waals surface area contributed by atoms with Gasteiger partial charge in [-0.25, -0.2) is 0 Å². The molecule has 162 valence electrons. The van der Waals surface area contributed by atoms with Crippen molar-refractivity contribution in [1.29, 1.82) is 0 Å². The molecule has 0 aliphatic rings. The minimum atomic E-state index is -0.554. The van der Waals surface area contributed by atoms with Gasteiger partial charge in [0, 0.05) is 19.2 Å². The van der Waals surface area contributed by atoms with Crippen molar-refractivity contribution in [1.82, 2.24) is 14.8 Å². The van der Waals surface area contributed by atoms with Crippen LogP contribution in [0.1, 0.15) is 24.4 Å². The molecule has 3 aromatic rings. The third-order valence-corrected chi connectivity index (χ3v) is 5.75. The van der Waals surface area contributed by atoms with Crippen molar-refractivity contribution in [2.75, 3.05) is 11.1 Å². The summed E-state index contributed by atoms with van der Waals surface area (Å²) in [6.45, 7) is 3.84. The number of rotatable bonds is 8. The number of aryl methyl sites for hydroxylation is 1. The zero-order chi connectivity index (χ0) is 22.5. The first-order valence-electron chi connectivity index (χ1n) is 9.24. The van der Waals surface area contributed by atoms with Crippen LogP contribution in [-0.4, -0.2) is 31.3 Å². The van der Waals surface area contributed by atoms with Crippen LogP contribution in [0.3, 0.4) is 0 Å². The van der Waals surface area contributed by atoms with Crippen LogP contribution >= 0.6 is 23.4 Å². The van der Waals surface area contributed by atoms with Crippen molar-refractivity contribution in [3.63, 3.8) is 0 Å². The number of aromatic nitrogens is 3. The van der Waals surface area contributed by atoms with Crippen LogP contribution in [0.2, 0.25) is 5.02 Å². The van der Waals surface area contributed by atoms with Gasteiger partial charge in [0.15, 0.2) is 17.1 Å². The van der Waals surface area contributed by atoms with Crippen LogP contribution in [0.25, 0.3) is 0 Å². The fraction of sp³-hybridized carbons (Fsp3) is 0.250. The fourth-order valence-corrected chi connectivity index (χ4v) is 3.66. The second-order valence-corrected chi connectivity index (χ2v) is 8.03. The van der Waals surface area contributed by atoms with Crippen LogP contribution < -0.4 is 10.1 Å². The third-order valence-electron chi connectivity index (χ3n) is 4.40. The first-order chi connectivity index (χ1) is 14.8. The van der Waals surface area contributed by atoms with E-state index in [1.54, 1.807) is 11.6 Å². The average Bonchev–Trinajstić information content (AvgIpc) is 3.10. The van der Waals surface area contributed by atoms with Gasteiger partial charge in [-0.2, -0.15) is 0 Å². The molecule has 1 heterocycles. The molecular formula is C20H20ClN5O4S. The fourth-order valence-electron chi connectivity index (χ4n) is 2.78. The number of non-ortho nitro benzene ring substituents is 1. The molecule has 9 nitrogen and oxygen atoms in total. The lowest BCUT2D eigenvalue weighted by Crippen LogP contribution is -2.15. The van der Waals surface area contributed by atoms with Crippen molar-refractivity contribution >= 4 is 40.6 Å². The van der Waals surface area contributed by atoms with Crippen molar-refractivity contribution < 1.29 is 14.5 Å². The molecular weight excluding hydrogens is 442 g/mol. The number of nitro groups is 1. The first-order valence-corrected chi connectivity index (χ1v) is 10.6. The molecule has 2 aromatic carbocycles. The lowest BCUT2D eigenvalue weighted by atomic mass is 10.2. The number of nitro benzene ring substituents is 1. The van der Waals surface area contributed by atoms with E-state index in [4.69, 9.17) is 16.3 Å². The van der Waals surface area contributed by atoms with Crippen molar-refractivity contribution in [3.05, 3.63) is 69.0 Å². The Morgan fingerprint density at radius 1 is 1.32 bits per heavy atom. The standard InChI is InChI=1S/C20H20ClN5O4S/c1-12-6-4-5-7-17(12)30-13(2)19-23-24-20(25(19)3)31-11-18(27)22-16-10-14(26(28)29)8-9-15(16)21/h4-10,13H,11H2,1-3H3,(H,22,27). The summed E-state index contributed by atoms with van der Waals surface area (Å²) < 4.78 is 7.76. The van der Waals surface area contributed by atoms with Gasteiger partial charge in [-0.1, -0.05) is 41.6 Å². The van der Waals surface area contributed by atoms with Gasteiger partial charge in [0.25, 0.3) is 5.69 Å². The van der Waals surface area contributed by atoms with Gasteiger partial charge in [0.1, 0.15) is 5.75 Å². The van der Waals surface area contributed by atoms with Crippen LogP contribution in [-0.2, 0) is 11.8 Å². The highest BCUT2D eigenvalue weighted by atomic mass is 35.5. The van der Waals surface area contributed by atoms with E-state index >= 15 is 0 Å². The number of carbonyl (C=O) groups excluding carboxylic acids is 1. The smallest absolute Gasteiger partial charge is 0.271 e.